The number of aromatic nitrogens is 1. The van der Waals surface area contributed by atoms with E-state index in [4.69, 9.17) is 0 Å². The summed E-state index contributed by atoms with van der Waals surface area (Å²) in [7, 11) is 2.13. The summed E-state index contributed by atoms with van der Waals surface area (Å²) in [6.45, 7) is 5.35. The molecule has 3 nitrogen and oxygen atoms in total. The van der Waals surface area contributed by atoms with Crippen LogP contribution in [-0.2, 0) is 6.54 Å². The Hall–Kier alpha value is -1.87. The maximum absolute atomic E-state index is 4.63. The van der Waals surface area contributed by atoms with Crippen molar-refractivity contribution in [3.63, 3.8) is 0 Å². The molecule has 3 heteroatoms. The molecule has 1 fully saturated rings. The third kappa shape index (κ3) is 3.14. The van der Waals surface area contributed by atoms with Gasteiger partial charge in [-0.05, 0) is 37.9 Å². The molecule has 3 rings (SSSR count). The maximum atomic E-state index is 4.63. The lowest BCUT2D eigenvalue weighted by Gasteiger charge is -2.28. The van der Waals surface area contributed by atoms with Crippen LogP contribution in [0.15, 0.2) is 48.7 Å². The predicted molar refractivity (Wildman–Crippen MR) is 92.0 cm³/mol. The monoisotopic (exact) mass is 295 g/mol. The summed E-state index contributed by atoms with van der Waals surface area (Å²) in [4.78, 5) is 9.48. The topological polar surface area (TPSA) is 19.4 Å². The molecule has 1 aliphatic rings. The third-order valence-corrected chi connectivity index (χ3v) is 4.60. The number of likely N-dealkylation sites (tertiary alicyclic amines) is 1. The Morgan fingerprint density at radius 2 is 2.00 bits per heavy atom. The van der Waals surface area contributed by atoms with Crippen molar-refractivity contribution in [2.24, 2.45) is 0 Å². The molecule has 1 saturated heterocycles. The fourth-order valence-electron chi connectivity index (χ4n) is 3.32. The third-order valence-electron chi connectivity index (χ3n) is 4.60. The first kappa shape index (κ1) is 15.0. The smallest absolute Gasteiger partial charge is 0.133 e. The van der Waals surface area contributed by atoms with Crippen molar-refractivity contribution >= 4 is 5.82 Å². The molecule has 0 radical (unpaired) electrons. The fourth-order valence-corrected chi connectivity index (χ4v) is 3.32. The van der Waals surface area contributed by atoms with Crippen molar-refractivity contribution in [3.8, 4) is 0 Å². The molecular weight excluding hydrogens is 270 g/mol. The molecule has 0 aliphatic carbocycles. The highest BCUT2D eigenvalue weighted by atomic mass is 15.2. The number of benzene rings is 1. The van der Waals surface area contributed by atoms with Crippen LogP contribution in [0, 0.1) is 0 Å². The van der Waals surface area contributed by atoms with Crippen LogP contribution >= 0.6 is 0 Å². The number of hydrogen-bond donors (Lipinski definition) is 0. The molecule has 1 aliphatic heterocycles. The summed E-state index contributed by atoms with van der Waals surface area (Å²) in [5.41, 5.74) is 2.77. The van der Waals surface area contributed by atoms with Gasteiger partial charge in [0.2, 0.25) is 0 Å². The fraction of sp³-hybridized carbons (Fsp3) is 0.421. The first-order chi connectivity index (χ1) is 10.8. The largest absolute Gasteiger partial charge is 0.360 e. The average molecular weight is 295 g/mol. The molecule has 0 amide bonds. The number of hydrogen-bond acceptors (Lipinski definition) is 3. The van der Waals surface area contributed by atoms with E-state index in [1.54, 1.807) is 0 Å². The van der Waals surface area contributed by atoms with Gasteiger partial charge in [-0.1, -0.05) is 36.4 Å². The summed E-state index contributed by atoms with van der Waals surface area (Å²) in [5.74, 6) is 1.13. The second-order valence-corrected chi connectivity index (χ2v) is 6.04. The Morgan fingerprint density at radius 1 is 1.18 bits per heavy atom. The lowest BCUT2D eigenvalue weighted by Crippen LogP contribution is -2.26. The average Bonchev–Trinajstić information content (AvgIpc) is 3.03. The van der Waals surface area contributed by atoms with Gasteiger partial charge in [-0.2, -0.15) is 0 Å². The van der Waals surface area contributed by atoms with Crippen molar-refractivity contribution in [1.29, 1.82) is 0 Å². The van der Waals surface area contributed by atoms with E-state index in [0.717, 1.165) is 18.9 Å². The van der Waals surface area contributed by atoms with Crippen molar-refractivity contribution in [1.82, 2.24) is 9.88 Å². The second-order valence-electron chi connectivity index (χ2n) is 6.04. The van der Waals surface area contributed by atoms with Crippen LogP contribution in [0.3, 0.4) is 0 Å². The Morgan fingerprint density at radius 3 is 2.77 bits per heavy atom. The van der Waals surface area contributed by atoms with Crippen LogP contribution in [0.5, 0.6) is 0 Å². The molecule has 2 aromatic rings. The number of pyridine rings is 1. The van der Waals surface area contributed by atoms with E-state index in [2.05, 4.69) is 71.2 Å². The van der Waals surface area contributed by atoms with E-state index in [1.165, 1.54) is 30.5 Å². The van der Waals surface area contributed by atoms with E-state index in [0.29, 0.717) is 6.04 Å². The number of nitrogens with zero attached hydrogens (tertiary/aromatic N) is 3. The molecule has 0 N–H and O–H groups in total. The summed E-state index contributed by atoms with van der Waals surface area (Å²) in [5, 5.41) is 0. The molecule has 0 spiro atoms. The molecule has 22 heavy (non-hydrogen) atoms. The van der Waals surface area contributed by atoms with Gasteiger partial charge in [-0.15, -0.1) is 0 Å². The van der Waals surface area contributed by atoms with Gasteiger partial charge in [-0.25, -0.2) is 4.98 Å². The van der Waals surface area contributed by atoms with Crippen LogP contribution in [-0.4, -0.2) is 30.0 Å². The Kier molecular flexibility index (Phi) is 4.74. The normalized spacial score (nSPS) is 18.5. The zero-order valence-electron chi connectivity index (χ0n) is 13.6. The quantitative estimate of drug-likeness (QED) is 0.834. The van der Waals surface area contributed by atoms with Crippen LogP contribution in [0.25, 0.3) is 0 Å². The molecule has 0 bridgehead atoms. The molecule has 1 aromatic carbocycles. The minimum atomic E-state index is 0.484. The van der Waals surface area contributed by atoms with Crippen molar-refractivity contribution in [2.45, 2.75) is 32.4 Å². The van der Waals surface area contributed by atoms with Crippen LogP contribution in [0.1, 0.15) is 36.9 Å². The summed E-state index contributed by atoms with van der Waals surface area (Å²) >= 11 is 0. The van der Waals surface area contributed by atoms with Crippen LogP contribution in [0.2, 0.25) is 0 Å². The van der Waals surface area contributed by atoms with E-state index in [1.807, 2.05) is 6.20 Å². The van der Waals surface area contributed by atoms with Gasteiger partial charge in [-0.3, -0.25) is 4.90 Å². The van der Waals surface area contributed by atoms with E-state index >= 15 is 0 Å². The lowest BCUT2D eigenvalue weighted by atomic mass is 10.0. The van der Waals surface area contributed by atoms with Gasteiger partial charge < -0.3 is 4.90 Å². The maximum Gasteiger partial charge on any atom is 0.133 e. The molecule has 2 heterocycles. The second kappa shape index (κ2) is 6.93. The minimum Gasteiger partial charge on any atom is -0.360 e. The van der Waals surface area contributed by atoms with Crippen LogP contribution in [0.4, 0.5) is 5.82 Å². The van der Waals surface area contributed by atoms with Gasteiger partial charge in [0.25, 0.3) is 0 Å². The minimum absolute atomic E-state index is 0.484. The standard InChI is InChI=1S/C19H25N3/c1-3-21(2)19-17(11-7-13-20-19)18-12-8-14-22(18)15-16-9-5-4-6-10-16/h4-7,9-11,13,18H,3,8,12,14-15H2,1-2H3. The lowest BCUT2D eigenvalue weighted by molar-refractivity contribution is 0.248. The van der Waals surface area contributed by atoms with E-state index in [-0.39, 0.29) is 0 Å². The van der Waals surface area contributed by atoms with E-state index in [9.17, 15) is 0 Å². The number of rotatable bonds is 5. The van der Waals surface area contributed by atoms with Crippen LogP contribution < -0.4 is 4.90 Å². The Balaban J connectivity index is 1.84. The van der Waals surface area contributed by atoms with Gasteiger partial charge in [0, 0.05) is 37.9 Å². The molecule has 1 unspecified atom stereocenters. The summed E-state index contributed by atoms with van der Waals surface area (Å²) < 4.78 is 0. The molecule has 116 valence electrons. The zero-order valence-corrected chi connectivity index (χ0v) is 13.6. The van der Waals surface area contributed by atoms with E-state index < -0.39 is 0 Å². The highest BCUT2D eigenvalue weighted by Gasteiger charge is 2.28. The van der Waals surface area contributed by atoms with Gasteiger partial charge in [0.15, 0.2) is 0 Å². The summed E-state index contributed by atoms with van der Waals surface area (Å²) in [6, 6.07) is 15.6. The Bertz CT molecular complexity index is 597. The number of anilines is 1. The van der Waals surface area contributed by atoms with Gasteiger partial charge >= 0.3 is 0 Å². The summed E-state index contributed by atoms with van der Waals surface area (Å²) in [6.07, 6.45) is 4.40. The van der Waals surface area contributed by atoms with Crippen molar-refractivity contribution in [2.75, 3.05) is 25.0 Å². The molecule has 1 aromatic heterocycles. The van der Waals surface area contributed by atoms with Crippen molar-refractivity contribution in [3.05, 3.63) is 59.8 Å². The first-order valence-electron chi connectivity index (χ1n) is 8.23. The molecule has 0 saturated carbocycles. The van der Waals surface area contributed by atoms with Gasteiger partial charge in [0.1, 0.15) is 5.82 Å². The molecular formula is C19H25N3. The highest BCUT2D eigenvalue weighted by Crippen LogP contribution is 2.36. The van der Waals surface area contributed by atoms with Gasteiger partial charge in [0.05, 0.1) is 0 Å². The zero-order chi connectivity index (χ0) is 15.4. The molecule has 1 atom stereocenters. The first-order valence-corrected chi connectivity index (χ1v) is 8.23. The Labute approximate surface area is 133 Å². The SMILES string of the molecule is CCN(C)c1ncccc1C1CCCN1Cc1ccccc1. The van der Waals surface area contributed by atoms with Crippen molar-refractivity contribution < 1.29 is 0 Å². The highest BCUT2D eigenvalue weighted by molar-refractivity contribution is 5.48. The predicted octanol–water partition coefficient (Wildman–Crippen LogP) is 3.87.